The Morgan fingerprint density at radius 3 is 2.11 bits per heavy atom. The number of Topliss-reactive ketones (excluding diaryl/α,β-unsaturated/α-hetero) is 1. The summed E-state index contributed by atoms with van der Waals surface area (Å²) in [6.07, 6.45) is 1.34. The fourth-order valence-corrected chi connectivity index (χ4v) is 4.89. The van der Waals surface area contributed by atoms with E-state index in [0.29, 0.717) is 37.4 Å². The number of anilines is 3. The topological polar surface area (TPSA) is 104 Å². The van der Waals surface area contributed by atoms with Crippen molar-refractivity contribution >= 4 is 28.8 Å². The fourth-order valence-electron chi connectivity index (χ4n) is 4.89. The summed E-state index contributed by atoms with van der Waals surface area (Å²) in [5.74, 6) is 0.286. The third-order valence-corrected chi connectivity index (χ3v) is 6.73. The van der Waals surface area contributed by atoms with Crippen LogP contribution in [0.2, 0.25) is 0 Å². The summed E-state index contributed by atoms with van der Waals surface area (Å²) in [5.41, 5.74) is 3.29. The summed E-state index contributed by atoms with van der Waals surface area (Å²) in [6.45, 7) is 4.04. The van der Waals surface area contributed by atoms with E-state index in [-0.39, 0.29) is 29.1 Å². The quantitative estimate of drug-likeness (QED) is 0.196. The van der Waals surface area contributed by atoms with E-state index in [2.05, 4.69) is 44.5 Å². The van der Waals surface area contributed by atoms with Crippen LogP contribution < -0.4 is 10.2 Å². The van der Waals surface area contributed by atoms with Gasteiger partial charge in [-0.05, 0) is 30.2 Å². The van der Waals surface area contributed by atoms with E-state index in [1.54, 1.807) is 24.3 Å². The van der Waals surface area contributed by atoms with Gasteiger partial charge in [0, 0.05) is 37.4 Å². The molecule has 0 atom stereocenters. The summed E-state index contributed by atoms with van der Waals surface area (Å²) in [4.78, 5) is 36.3. The highest BCUT2D eigenvalue weighted by atomic mass is 16.6. The van der Waals surface area contributed by atoms with Crippen LogP contribution >= 0.6 is 0 Å². The summed E-state index contributed by atoms with van der Waals surface area (Å²) in [6, 6.07) is 27.7. The van der Waals surface area contributed by atoms with Crippen molar-refractivity contribution in [1.29, 1.82) is 0 Å². The number of nitrogens with zero attached hydrogens (tertiary/aromatic N) is 5. The molecule has 0 aliphatic carbocycles. The summed E-state index contributed by atoms with van der Waals surface area (Å²) in [5, 5.41) is 15.2. The van der Waals surface area contributed by atoms with Crippen molar-refractivity contribution in [3.8, 4) is 0 Å². The van der Waals surface area contributed by atoms with Gasteiger partial charge in [-0.15, -0.1) is 0 Å². The normalized spacial score (nSPS) is 13.9. The van der Waals surface area contributed by atoms with E-state index in [4.69, 9.17) is 0 Å². The SMILES string of the molecule is CC(=O)c1cccc(Nc2ncnc(N3CCN(C(c4ccccc4)c4ccccc4)CC3)c2[N+](=O)[O-])c1. The maximum Gasteiger partial charge on any atom is 0.353 e. The molecule has 1 saturated heterocycles. The predicted molar refractivity (Wildman–Crippen MR) is 147 cm³/mol. The third kappa shape index (κ3) is 5.37. The molecule has 192 valence electrons. The molecular formula is C29H28N6O3. The highest BCUT2D eigenvalue weighted by Gasteiger charge is 2.32. The molecule has 1 aliphatic rings. The van der Waals surface area contributed by atoms with Gasteiger partial charge in [0.1, 0.15) is 6.33 Å². The fraction of sp³-hybridized carbons (Fsp3) is 0.207. The molecule has 0 saturated carbocycles. The molecule has 4 aromatic rings. The molecule has 5 rings (SSSR count). The second kappa shape index (κ2) is 11.2. The van der Waals surface area contributed by atoms with Gasteiger partial charge in [0.2, 0.25) is 11.6 Å². The Balaban J connectivity index is 1.39. The lowest BCUT2D eigenvalue weighted by atomic mass is 9.96. The van der Waals surface area contributed by atoms with Crippen molar-refractivity contribution in [2.24, 2.45) is 0 Å². The van der Waals surface area contributed by atoms with Crippen LogP contribution in [-0.4, -0.2) is 51.8 Å². The van der Waals surface area contributed by atoms with Crippen LogP contribution in [0.25, 0.3) is 0 Å². The van der Waals surface area contributed by atoms with Gasteiger partial charge in [0.05, 0.1) is 11.0 Å². The van der Waals surface area contributed by atoms with Crippen LogP contribution in [0.3, 0.4) is 0 Å². The van der Waals surface area contributed by atoms with Gasteiger partial charge in [0.25, 0.3) is 0 Å². The largest absolute Gasteiger partial charge is 0.353 e. The minimum Gasteiger partial charge on any atom is -0.348 e. The predicted octanol–water partition coefficient (Wildman–Crippen LogP) is 5.24. The van der Waals surface area contributed by atoms with Crippen molar-refractivity contribution in [3.63, 3.8) is 0 Å². The van der Waals surface area contributed by atoms with E-state index in [1.165, 1.54) is 24.4 Å². The van der Waals surface area contributed by atoms with Gasteiger partial charge in [0.15, 0.2) is 5.78 Å². The number of aromatic nitrogens is 2. The van der Waals surface area contributed by atoms with Gasteiger partial charge < -0.3 is 10.2 Å². The van der Waals surface area contributed by atoms with E-state index < -0.39 is 4.92 Å². The van der Waals surface area contributed by atoms with E-state index in [1.807, 2.05) is 41.3 Å². The molecule has 38 heavy (non-hydrogen) atoms. The molecule has 1 N–H and O–H groups in total. The number of benzene rings is 3. The molecule has 0 spiro atoms. The minimum atomic E-state index is -0.449. The highest BCUT2D eigenvalue weighted by Crippen LogP contribution is 2.36. The lowest BCUT2D eigenvalue weighted by Gasteiger charge is -2.40. The molecule has 1 fully saturated rings. The number of rotatable bonds is 8. The zero-order valence-electron chi connectivity index (χ0n) is 21.0. The number of hydrogen-bond donors (Lipinski definition) is 1. The zero-order valence-corrected chi connectivity index (χ0v) is 21.0. The first-order valence-corrected chi connectivity index (χ1v) is 12.5. The minimum absolute atomic E-state index is 0.0886. The standard InChI is InChI=1S/C29H28N6O3/c1-21(36)24-13-8-14-25(19-24)32-28-27(35(37)38)29(31-20-30-28)34-17-15-33(16-18-34)26(22-9-4-2-5-10-22)23-11-6-3-7-12-23/h2-14,19-20,26H,15-18H2,1H3,(H,30,31,32). The molecule has 9 nitrogen and oxygen atoms in total. The van der Waals surface area contributed by atoms with Gasteiger partial charge in [-0.1, -0.05) is 72.8 Å². The first-order valence-electron chi connectivity index (χ1n) is 12.5. The third-order valence-electron chi connectivity index (χ3n) is 6.73. The van der Waals surface area contributed by atoms with Crippen molar-refractivity contribution in [1.82, 2.24) is 14.9 Å². The van der Waals surface area contributed by atoms with Gasteiger partial charge in [-0.2, -0.15) is 0 Å². The van der Waals surface area contributed by atoms with Crippen LogP contribution in [0.15, 0.2) is 91.3 Å². The van der Waals surface area contributed by atoms with Crippen molar-refractivity contribution < 1.29 is 9.72 Å². The summed E-state index contributed by atoms with van der Waals surface area (Å²) in [7, 11) is 0. The summed E-state index contributed by atoms with van der Waals surface area (Å²) >= 11 is 0. The van der Waals surface area contributed by atoms with Crippen LogP contribution in [0.4, 0.5) is 23.0 Å². The first-order chi connectivity index (χ1) is 18.5. The van der Waals surface area contributed by atoms with Gasteiger partial charge in [-0.3, -0.25) is 19.8 Å². The number of nitro groups is 1. The maximum atomic E-state index is 12.2. The molecule has 2 heterocycles. The van der Waals surface area contributed by atoms with Crippen LogP contribution in [-0.2, 0) is 0 Å². The Labute approximate surface area is 220 Å². The molecule has 0 radical (unpaired) electrons. The van der Waals surface area contributed by atoms with E-state index >= 15 is 0 Å². The average molecular weight is 509 g/mol. The van der Waals surface area contributed by atoms with Crippen LogP contribution in [0, 0.1) is 10.1 Å². The molecule has 9 heteroatoms. The Morgan fingerprint density at radius 1 is 0.895 bits per heavy atom. The number of hydrogen-bond acceptors (Lipinski definition) is 8. The molecular weight excluding hydrogens is 480 g/mol. The summed E-state index contributed by atoms with van der Waals surface area (Å²) < 4.78 is 0. The van der Waals surface area contributed by atoms with Crippen LogP contribution in [0.5, 0.6) is 0 Å². The number of carbonyl (C=O) groups excluding carboxylic acids is 1. The van der Waals surface area contributed by atoms with E-state index in [9.17, 15) is 14.9 Å². The van der Waals surface area contributed by atoms with Crippen molar-refractivity contribution in [2.45, 2.75) is 13.0 Å². The lowest BCUT2D eigenvalue weighted by Crippen LogP contribution is -2.48. The zero-order chi connectivity index (χ0) is 26.5. The Hall–Kier alpha value is -4.63. The van der Waals surface area contributed by atoms with Crippen LogP contribution in [0.1, 0.15) is 34.5 Å². The smallest absolute Gasteiger partial charge is 0.348 e. The molecule has 0 unspecified atom stereocenters. The van der Waals surface area contributed by atoms with Gasteiger partial charge >= 0.3 is 5.69 Å². The lowest BCUT2D eigenvalue weighted by molar-refractivity contribution is -0.383. The Bertz CT molecular complexity index is 1380. The number of piperazine rings is 1. The number of ketones is 1. The molecule has 3 aromatic carbocycles. The highest BCUT2D eigenvalue weighted by molar-refractivity contribution is 5.95. The molecule has 1 aliphatic heterocycles. The van der Waals surface area contributed by atoms with Crippen molar-refractivity contribution in [2.75, 3.05) is 36.4 Å². The Morgan fingerprint density at radius 2 is 1.53 bits per heavy atom. The van der Waals surface area contributed by atoms with Gasteiger partial charge in [-0.25, -0.2) is 9.97 Å². The second-order valence-corrected chi connectivity index (χ2v) is 9.16. The molecule has 0 amide bonds. The first kappa shape index (κ1) is 25.0. The molecule has 0 bridgehead atoms. The number of nitrogens with one attached hydrogen (secondary N) is 1. The molecule has 1 aromatic heterocycles. The monoisotopic (exact) mass is 508 g/mol. The van der Waals surface area contributed by atoms with Crippen molar-refractivity contribution in [3.05, 3.63) is 118 Å². The maximum absolute atomic E-state index is 12.2. The average Bonchev–Trinajstić information content (AvgIpc) is 2.95. The second-order valence-electron chi connectivity index (χ2n) is 9.16. The number of carbonyl (C=O) groups is 1. The van der Waals surface area contributed by atoms with E-state index in [0.717, 1.165) is 0 Å². The Kier molecular flexibility index (Phi) is 7.37.